The summed E-state index contributed by atoms with van der Waals surface area (Å²) in [6.45, 7) is 9.12. The summed E-state index contributed by atoms with van der Waals surface area (Å²) < 4.78 is 11.2. The first kappa shape index (κ1) is 18.2. The molecule has 1 N–H and O–H groups in total. The molecular weight excluding hydrogens is 316 g/mol. The first-order chi connectivity index (χ1) is 12.1. The number of nitrogens with zero attached hydrogens (tertiary/aromatic N) is 1. The van der Waals surface area contributed by atoms with Gasteiger partial charge in [-0.15, -0.1) is 0 Å². The van der Waals surface area contributed by atoms with E-state index in [4.69, 9.17) is 9.47 Å². The minimum absolute atomic E-state index is 0.0979. The summed E-state index contributed by atoms with van der Waals surface area (Å²) >= 11 is 0. The second-order valence-corrected chi connectivity index (χ2v) is 7.50. The number of amides is 1. The monoisotopic (exact) mass is 346 g/mol. The van der Waals surface area contributed by atoms with Crippen molar-refractivity contribution < 1.29 is 14.3 Å². The van der Waals surface area contributed by atoms with Crippen LogP contribution < -0.4 is 10.1 Å². The SMILES string of the molecule is CC(C)CC(CNC(=O)C1COc2ccccc2C1)N1CCOCC1. The normalized spacial score (nSPS) is 22.1. The van der Waals surface area contributed by atoms with Crippen LogP contribution in [0.5, 0.6) is 5.75 Å². The maximum atomic E-state index is 12.6. The van der Waals surface area contributed by atoms with E-state index in [0.29, 0.717) is 25.1 Å². The largest absolute Gasteiger partial charge is 0.492 e. The molecule has 1 aromatic rings. The first-order valence-corrected chi connectivity index (χ1v) is 9.43. The maximum Gasteiger partial charge on any atom is 0.226 e. The highest BCUT2D eigenvalue weighted by molar-refractivity contribution is 5.79. The van der Waals surface area contributed by atoms with Gasteiger partial charge in [0.1, 0.15) is 12.4 Å². The van der Waals surface area contributed by atoms with Crippen molar-refractivity contribution in [2.24, 2.45) is 11.8 Å². The summed E-state index contributed by atoms with van der Waals surface area (Å²) in [4.78, 5) is 15.1. The first-order valence-electron chi connectivity index (χ1n) is 9.43. The van der Waals surface area contributed by atoms with E-state index >= 15 is 0 Å². The molecule has 1 fully saturated rings. The fourth-order valence-electron chi connectivity index (χ4n) is 3.71. The van der Waals surface area contributed by atoms with E-state index in [1.165, 1.54) is 0 Å². The van der Waals surface area contributed by atoms with Crippen LogP contribution in [0.1, 0.15) is 25.8 Å². The molecule has 0 saturated carbocycles. The number of hydrogen-bond acceptors (Lipinski definition) is 4. The number of carbonyl (C=O) groups excluding carboxylic acids is 1. The predicted molar refractivity (Wildman–Crippen MR) is 97.8 cm³/mol. The minimum Gasteiger partial charge on any atom is -0.492 e. The van der Waals surface area contributed by atoms with Crippen LogP contribution in [0, 0.1) is 11.8 Å². The lowest BCUT2D eigenvalue weighted by molar-refractivity contribution is -0.126. The fourth-order valence-corrected chi connectivity index (χ4v) is 3.71. The van der Waals surface area contributed by atoms with E-state index in [-0.39, 0.29) is 11.8 Å². The number of nitrogens with one attached hydrogen (secondary N) is 1. The zero-order valence-electron chi connectivity index (χ0n) is 15.4. The number of hydrogen-bond donors (Lipinski definition) is 1. The van der Waals surface area contributed by atoms with Gasteiger partial charge in [0.05, 0.1) is 19.1 Å². The lowest BCUT2D eigenvalue weighted by Crippen LogP contribution is -2.50. The van der Waals surface area contributed by atoms with E-state index < -0.39 is 0 Å². The molecule has 1 aromatic carbocycles. The predicted octanol–water partition coefficient (Wildman–Crippen LogP) is 2.10. The minimum atomic E-state index is -0.0979. The molecule has 5 heteroatoms. The molecule has 5 nitrogen and oxygen atoms in total. The van der Waals surface area contributed by atoms with Gasteiger partial charge in [0.15, 0.2) is 0 Å². The molecule has 0 spiro atoms. The molecule has 3 rings (SSSR count). The summed E-state index contributed by atoms with van der Waals surface area (Å²) in [7, 11) is 0. The Balaban J connectivity index is 1.54. The van der Waals surface area contributed by atoms with Gasteiger partial charge < -0.3 is 14.8 Å². The number of rotatable bonds is 6. The third-order valence-electron chi connectivity index (χ3n) is 5.07. The summed E-state index contributed by atoms with van der Waals surface area (Å²) in [6.07, 6.45) is 1.85. The van der Waals surface area contributed by atoms with E-state index in [0.717, 1.165) is 50.5 Å². The lowest BCUT2D eigenvalue weighted by Gasteiger charge is -2.36. The zero-order chi connectivity index (χ0) is 17.6. The molecule has 0 aromatic heterocycles. The Morgan fingerprint density at radius 1 is 1.28 bits per heavy atom. The fraction of sp³-hybridized carbons (Fsp3) is 0.650. The Hall–Kier alpha value is -1.59. The van der Waals surface area contributed by atoms with E-state index in [1.807, 2.05) is 24.3 Å². The molecule has 25 heavy (non-hydrogen) atoms. The van der Waals surface area contributed by atoms with Crippen molar-refractivity contribution >= 4 is 5.91 Å². The number of ether oxygens (including phenoxy) is 2. The van der Waals surface area contributed by atoms with Gasteiger partial charge in [0.2, 0.25) is 5.91 Å². The van der Waals surface area contributed by atoms with Gasteiger partial charge in [0, 0.05) is 25.7 Å². The van der Waals surface area contributed by atoms with Crippen molar-refractivity contribution in [3.8, 4) is 5.75 Å². The lowest BCUT2D eigenvalue weighted by atomic mass is 9.95. The van der Waals surface area contributed by atoms with Gasteiger partial charge in [-0.25, -0.2) is 0 Å². The van der Waals surface area contributed by atoms with Gasteiger partial charge in [-0.2, -0.15) is 0 Å². The molecular formula is C20H30N2O3. The summed E-state index contributed by atoms with van der Waals surface area (Å²) in [5.74, 6) is 1.53. The Labute approximate surface area is 150 Å². The molecule has 1 saturated heterocycles. The molecule has 2 aliphatic rings. The van der Waals surface area contributed by atoms with Crippen molar-refractivity contribution in [2.45, 2.75) is 32.7 Å². The molecule has 0 radical (unpaired) electrons. The van der Waals surface area contributed by atoms with Gasteiger partial charge in [-0.05, 0) is 30.4 Å². The highest BCUT2D eigenvalue weighted by atomic mass is 16.5. The second kappa shape index (κ2) is 8.68. The van der Waals surface area contributed by atoms with Crippen LogP contribution in [-0.4, -0.2) is 56.3 Å². The molecule has 2 heterocycles. The third kappa shape index (κ3) is 4.95. The molecule has 0 aliphatic carbocycles. The molecule has 2 atom stereocenters. The zero-order valence-corrected chi connectivity index (χ0v) is 15.4. The van der Waals surface area contributed by atoms with Gasteiger partial charge in [-0.1, -0.05) is 32.0 Å². The van der Waals surface area contributed by atoms with E-state index in [1.54, 1.807) is 0 Å². The Morgan fingerprint density at radius 3 is 2.80 bits per heavy atom. The Bertz CT molecular complexity index is 570. The average molecular weight is 346 g/mol. The van der Waals surface area contributed by atoms with Crippen molar-refractivity contribution in [3.05, 3.63) is 29.8 Å². The van der Waals surface area contributed by atoms with Crippen LogP contribution in [0.2, 0.25) is 0 Å². The van der Waals surface area contributed by atoms with Crippen LogP contribution >= 0.6 is 0 Å². The summed E-state index contributed by atoms with van der Waals surface area (Å²) in [5, 5.41) is 3.18. The number of benzene rings is 1. The standard InChI is InChI=1S/C20H30N2O3/c1-15(2)11-18(22-7-9-24-10-8-22)13-21-20(23)17-12-16-5-3-4-6-19(16)25-14-17/h3-6,15,17-18H,7-14H2,1-2H3,(H,21,23). The quantitative estimate of drug-likeness (QED) is 0.857. The van der Waals surface area contributed by atoms with Crippen LogP contribution in [0.15, 0.2) is 24.3 Å². The highest BCUT2D eigenvalue weighted by Crippen LogP contribution is 2.26. The summed E-state index contributed by atoms with van der Waals surface area (Å²) in [5.41, 5.74) is 1.13. The maximum absolute atomic E-state index is 12.6. The van der Waals surface area contributed by atoms with Crippen molar-refractivity contribution in [1.29, 1.82) is 0 Å². The Morgan fingerprint density at radius 2 is 2.04 bits per heavy atom. The van der Waals surface area contributed by atoms with Gasteiger partial charge in [0.25, 0.3) is 0 Å². The number of morpholine rings is 1. The number of para-hydroxylation sites is 1. The van der Waals surface area contributed by atoms with Gasteiger partial charge >= 0.3 is 0 Å². The smallest absolute Gasteiger partial charge is 0.226 e. The average Bonchev–Trinajstić information content (AvgIpc) is 2.65. The van der Waals surface area contributed by atoms with Crippen molar-refractivity contribution in [1.82, 2.24) is 10.2 Å². The topological polar surface area (TPSA) is 50.8 Å². The third-order valence-corrected chi connectivity index (χ3v) is 5.07. The molecule has 0 bridgehead atoms. The van der Waals surface area contributed by atoms with Crippen LogP contribution in [0.3, 0.4) is 0 Å². The van der Waals surface area contributed by atoms with Crippen LogP contribution in [-0.2, 0) is 16.0 Å². The van der Waals surface area contributed by atoms with E-state index in [2.05, 4.69) is 24.1 Å². The molecule has 138 valence electrons. The molecule has 2 aliphatic heterocycles. The number of carbonyl (C=O) groups is 1. The van der Waals surface area contributed by atoms with Crippen LogP contribution in [0.25, 0.3) is 0 Å². The van der Waals surface area contributed by atoms with Gasteiger partial charge in [-0.3, -0.25) is 9.69 Å². The Kier molecular flexibility index (Phi) is 6.32. The van der Waals surface area contributed by atoms with E-state index in [9.17, 15) is 4.79 Å². The molecule has 1 amide bonds. The van der Waals surface area contributed by atoms with Crippen molar-refractivity contribution in [2.75, 3.05) is 39.5 Å². The highest BCUT2D eigenvalue weighted by Gasteiger charge is 2.27. The summed E-state index contributed by atoms with van der Waals surface area (Å²) in [6, 6.07) is 8.37. The molecule has 2 unspecified atom stereocenters. The van der Waals surface area contributed by atoms with Crippen LogP contribution in [0.4, 0.5) is 0 Å². The number of fused-ring (bicyclic) bond motifs is 1. The van der Waals surface area contributed by atoms with Crippen molar-refractivity contribution in [3.63, 3.8) is 0 Å². The second-order valence-electron chi connectivity index (χ2n) is 7.50.